The van der Waals surface area contributed by atoms with Gasteiger partial charge >= 0.3 is 5.97 Å². The number of nitrogens with one attached hydrogen (secondary N) is 1. The molecule has 0 fully saturated rings. The van der Waals surface area contributed by atoms with E-state index in [4.69, 9.17) is 5.11 Å². The van der Waals surface area contributed by atoms with Crippen LogP contribution in [0.2, 0.25) is 0 Å². The molecule has 0 saturated heterocycles. The summed E-state index contributed by atoms with van der Waals surface area (Å²) < 4.78 is 0. The lowest BCUT2D eigenvalue weighted by Crippen LogP contribution is -2.22. The van der Waals surface area contributed by atoms with E-state index in [9.17, 15) is 9.59 Å². The SMILES string of the molecule is CCCCCC(=O)NCc1cccc(C=CC(=O)O)c1. The predicted octanol–water partition coefficient (Wildman–Crippen LogP) is 2.98. The first kappa shape index (κ1) is 16.0. The Balaban J connectivity index is 2.46. The lowest BCUT2D eigenvalue weighted by molar-refractivity contribution is -0.131. The number of hydrogen-bond donors (Lipinski definition) is 2. The van der Waals surface area contributed by atoms with Gasteiger partial charge in [0.15, 0.2) is 0 Å². The third-order valence-electron chi connectivity index (χ3n) is 2.87. The molecule has 0 aliphatic rings. The Kier molecular flexibility index (Phi) is 7.11. The fourth-order valence-electron chi connectivity index (χ4n) is 1.80. The number of aliphatic carboxylic acids is 1. The van der Waals surface area contributed by atoms with Crippen molar-refractivity contribution in [2.45, 2.75) is 39.2 Å². The quantitative estimate of drug-likeness (QED) is 0.566. The molecule has 0 aliphatic carbocycles. The number of rotatable bonds is 8. The van der Waals surface area contributed by atoms with Gasteiger partial charge in [-0.05, 0) is 29.7 Å². The van der Waals surface area contributed by atoms with Crippen molar-refractivity contribution in [2.24, 2.45) is 0 Å². The third kappa shape index (κ3) is 6.73. The Bertz CT molecular complexity index is 480. The van der Waals surface area contributed by atoms with Crippen LogP contribution in [0.3, 0.4) is 0 Å². The summed E-state index contributed by atoms with van der Waals surface area (Å²) in [6.07, 6.45) is 6.29. The summed E-state index contributed by atoms with van der Waals surface area (Å²) in [4.78, 5) is 22.0. The Morgan fingerprint density at radius 3 is 2.80 bits per heavy atom. The van der Waals surface area contributed by atoms with Gasteiger partial charge in [-0.15, -0.1) is 0 Å². The lowest BCUT2D eigenvalue weighted by Gasteiger charge is -2.06. The second-order valence-electron chi connectivity index (χ2n) is 4.65. The zero-order valence-electron chi connectivity index (χ0n) is 11.8. The van der Waals surface area contributed by atoms with E-state index in [1.165, 1.54) is 6.08 Å². The topological polar surface area (TPSA) is 66.4 Å². The van der Waals surface area contributed by atoms with E-state index in [2.05, 4.69) is 12.2 Å². The molecule has 108 valence electrons. The number of amides is 1. The van der Waals surface area contributed by atoms with E-state index in [1.54, 1.807) is 0 Å². The van der Waals surface area contributed by atoms with Gasteiger partial charge in [0.25, 0.3) is 0 Å². The standard InChI is InChI=1S/C16H21NO3/c1-2-3-4-8-15(18)17-12-14-7-5-6-13(11-14)9-10-16(19)20/h5-7,9-11H,2-4,8,12H2,1H3,(H,17,18)(H,19,20). The minimum absolute atomic E-state index is 0.0601. The van der Waals surface area contributed by atoms with E-state index in [0.29, 0.717) is 13.0 Å². The fourth-order valence-corrected chi connectivity index (χ4v) is 1.80. The van der Waals surface area contributed by atoms with Crippen molar-refractivity contribution in [3.8, 4) is 0 Å². The largest absolute Gasteiger partial charge is 0.478 e. The summed E-state index contributed by atoms with van der Waals surface area (Å²) >= 11 is 0. The van der Waals surface area contributed by atoms with Gasteiger partial charge in [0.2, 0.25) is 5.91 Å². The average Bonchev–Trinajstić information content (AvgIpc) is 2.44. The smallest absolute Gasteiger partial charge is 0.328 e. The van der Waals surface area contributed by atoms with Crippen LogP contribution >= 0.6 is 0 Å². The number of carbonyl (C=O) groups excluding carboxylic acids is 1. The molecular formula is C16H21NO3. The van der Waals surface area contributed by atoms with Crippen molar-refractivity contribution in [1.29, 1.82) is 0 Å². The second kappa shape index (κ2) is 8.91. The Labute approximate surface area is 119 Å². The number of carboxylic acid groups (broad SMARTS) is 1. The van der Waals surface area contributed by atoms with Gasteiger partial charge in [0.05, 0.1) is 0 Å². The predicted molar refractivity (Wildman–Crippen MR) is 79.1 cm³/mol. The highest BCUT2D eigenvalue weighted by molar-refractivity contribution is 5.85. The van der Waals surface area contributed by atoms with E-state index in [0.717, 1.165) is 36.5 Å². The van der Waals surface area contributed by atoms with E-state index >= 15 is 0 Å². The van der Waals surface area contributed by atoms with Crippen molar-refractivity contribution < 1.29 is 14.7 Å². The molecule has 0 bridgehead atoms. The molecule has 0 radical (unpaired) electrons. The summed E-state index contributed by atoms with van der Waals surface area (Å²) in [5, 5.41) is 11.4. The van der Waals surface area contributed by atoms with Crippen molar-refractivity contribution in [1.82, 2.24) is 5.32 Å². The molecule has 1 aromatic rings. The van der Waals surface area contributed by atoms with Gasteiger partial charge in [0, 0.05) is 19.0 Å². The maximum absolute atomic E-state index is 11.6. The number of unbranched alkanes of at least 4 members (excludes halogenated alkanes) is 2. The first-order valence-corrected chi connectivity index (χ1v) is 6.88. The highest BCUT2D eigenvalue weighted by Crippen LogP contribution is 2.07. The molecule has 1 amide bonds. The Hall–Kier alpha value is -2.10. The van der Waals surface area contributed by atoms with Crippen LogP contribution in [0, 0.1) is 0 Å². The highest BCUT2D eigenvalue weighted by atomic mass is 16.4. The number of benzene rings is 1. The van der Waals surface area contributed by atoms with Crippen LogP contribution < -0.4 is 5.32 Å². The minimum atomic E-state index is -0.973. The molecule has 1 rings (SSSR count). The molecule has 1 aromatic carbocycles. The Morgan fingerprint density at radius 1 is 1.30 bits per heavy atom. The highest BCUT2D eigenvalue weighted by Gasteiger charge is 2.01. The van der Waals surface area contributed by atoms with E-state index < -0.39 is 5.97 Å². The number of hydrogen-bond acceptors (Lipinski definition) is 2. The van der Waals surface area contributed by atoms with E-state index in [1.807, 2.05) is 24.3 Å². The van der Waals surface area contributed by atoms with Crippen LogP contribution in [-0.4, -0.2) is 17.0 Å². The maximum Gasteiger partial charge on any atom is 0.328 e. The normalized spacial score (nSPS) is 10.7. The zero-order valence-corrected chi connectivity index (χ0v) is 11.8. The molecule has 4 nitrogen and oxygen atoms in total. The van der Waals surface area contributed by atoms with Gasteiger partial charge in [0.1, 0.15) is 0 Å². The van der Waals surface area contributed by atoms with Crippen LogP contribution in [0.5, 0.6) is 0 Å². The van der Waals surface area contributed by atoms with E-state index in [-0.39, 0.29) is 5.91 Å². The Morgan fingerprint density at radius 2 is 2.10 bits per heavy atom. The van der Waals surface area contributed by atoms with Gasteiger partial charge in [-0.2, -0.15) is 0 Å². The first-order valence-electron chi connectivity index (χ1n) is 6.88. The zero-order chi connectivity index (χ0) is 14.8. The van der Waals surface area contributed by atoms with Crippen LogP contribution in [0.25, 0.3) is 6.08 Å². The molecule has 0 spiro atoms. The summed E-state index contributed by atoms with van der Waals surface area (Å²) in [5.74, 6) is -0.912. The summed E-state index contributed by atoms with van der Waals surface area (Å²) in [7, 11) is 0. The number of carboxylic acids is 1. The fraction of sp³-hybridized carbons (Fsp3) is 0.375. The van der Waals surface area contributed by atoms with Crippen molar-refractivity contribution in [2.75, 3.05) is 0 Å². The van der Waals surface area contributed by atoms with Crippen LogP contribution in [0.1, 0.15) is 43.7 Å². The lowest BCUT2D eigenvalue weighted by atomic mass is 10.1. The van der Waals surface area contributed by atoms with Crippen LogP contribution in [0.4, 0.5) is 0 Å². The van der Waals surface area contributed by atoms with Crippen molar-refractivity contribution >= 4 is 18.0 Å². The van der Waals surface area contributed by atoms with Crippen molar-refractivity contribution in [3.63, 3.8) is 0 Å². The molecular weight excluding hydrogens is 254 g/mol. The molecule has 20 heavy (non-hydrogen) atoms. The molecule has 4 heteroatoms. The van der Waals surface area contributed by atoms with Gasteiger partial charge in [-0.25, -0.2) is 4.79 Å². The maximum atomic E-state index is 11.6. The second-order valence-corrected chi connectivity index (χ2v) is 4.65. The van der Waals surface area contributed by atoms with Gasteiger partial charge < -0.3 is 10.4 Å². The van der Waals surface area contributed by atoms with Crippen molar-refractivity contribution in [3.05, 3.63) is 41.5 Å². The summed E-state index contributed by atoms with van der Waals surface area (Å²) in [6, 6.07) is 7.45. The molecule has 0 atom stereocenters. The molecule has 0 unspecified atom stereocenters. The molecule has 0 heterocycles. The van der Waals surface area contributed by atoms with Gasteiger partial charge in [-0.3, -0.25) is 4.79 Å². The minimum Gasteiger partial charge on any atom is -0.478 e. The third-order valence-corrected chi connectivity index (χ3v) is 2.87. The summed E-state index contributed by atoms with van der Waals surface area (Å²) in [5.41, 5.74) is 1.77. The van der Waals surface area contributed by atoms with Crippen LogP contribution in [0.15, 0.2) is 30.3 Å². The average molecular weight is 275 g/mol. The molecule has 2 N–H and O–H groups in total. The monoisotopic (exact) mass is 275 g/mol. The van der Waals surface area contributed by atoms with Crippen LogP contribution in [-0.2, 0) is 16.1 Å². The summed E-state index contributed by atoms with van der Waals surface area (Å²) in [6.45, 7) is 2.58. The molecule has 0 aromatic heterocycles. The molecule has 0 saturated carbocycles. The van der Waals surface area contributed by atoms with Gasteiger partial charge in [-0.1, -0.05) is 38.0 Å². The first-order chi connectivity index (χ1) is 9.61. The molecule has 0 aliphatic heterocycles. The number of carbonyl (C=O) groups is 2.